The van der Waals surface area contributed by atoms with Crippen LogP contribution in [0.3, 0.4) is 0 Å². The van der Waals surface area contributed by atoms with Gasteiger partial charge in [-0.25, -0.2) is 4.39 Å². The number of hydrogen-bond donors (Lipinski definition) is 0. The standard InChI is InChI=1S/C17H18FN3O2/c1-10-2-3-12(4-13(10)18)15-19-16(23-20-15)14-8-21-7-11-5-17(21,6-11)9-22-14/h2-4,11,14H,5-9H2,1H3. The molecule has 6 heteroatoms. The van der Waals surface area contributed by atoms with E-state index in [1.165, 1.54) is 18.9 Å². The molecule has 1 spiro atoms. The number of aromatic nitrogens is 2. The van der Waals surface area contributed by atoms with E-state index in [9.17, 15) is 4.39 Å². The Morgan fingerprint density at radius 2 is 2.17 bits per heavy atom. The SMILES string of the molecule is Cc1ccc(-c2noc(C3CN4CC5CC4(CO3)C5)n2)cc1F. The Kier molecular flexibility index (Phi) is 2.73. The van der Waals surface area contributed by atoms with Crippen LogP contribution < -0.4 is 0 Å². The molecule has 0 radical (unpaired) electrons. The summed E-state index contributed by atoms with van der Waals surface area (Å²) in [7, 11) is 0. The van der Waals surface area contributed by atoms with Crippen molar-refractivity contribution in [3.63, 3.8) is 0 Å². The van der Waals surface area contributed by atoms with Crippen molar-refractivity contribution in [3.05, 3.63) is 35.5 Å². The highest BCUT2D eigenvalue weighted by Crippen LogP contribution is 2.53. The lowest BCUT2D eigenvalue weighted by Gasteiger charge is -2.46. The van der Waals surface area contributed by atoms with Crippen molar-refractivity contribution in [2.45, 2.75) is 31.4 Å². The van der Waals surface area contributed by atoms with E-state index in [0.717, 1.165) is 25.6 Å². The fourth-order valence-corrected chi connectivity index (χ4v) is 4.26. The molecule has 2 aromatic rings. The lowest BCUT2D eigenvalue weighted by molar-refractivity contribution is -0.114. The predicted molar refractivity (Wildman–Crippen MR) is 80.2 cm³/mol. The maximum atomic E-state index is 13.7. The summed E-state index contributed by atoms with van der Waals surface area (Å²) in [6.45, 7) is 4.43. The van der Waals surface area contributed by atoms with Crippen LogP contribution in [0.1, 0.15) is 30.4 Å². The smallest absolute Gasteiger partial charge is 0.257 e. The van der Waals surface area contributed by atoms with Gasteiger partial charge in [0.2, 0.25) is 5.82 Å². The summed E-state index contributed by atoms with van der Waals surface area (Å²) < 4.78 is 25.1. The fraction of sp³-hybridized carbons (Fsp3) is 0.529. The lowest BCUT2D eigenvalue weighted by Crippen LogP contribution is -2.54. The van der Waals surface area contributed by atoms with Gasteiger partial charge in [0.15, 0.2) is 0 Å². The monoisotopic (exact) mass is 315 g/mol. The molecular formula is C17H18FN3O2. The molecule has 3 saturated heterocycles. The second-order valence-electron chi connectivity index (χ2n) is 7.12. The first kappa shape index (κ1) is 13.6. The molecule has 3 aliphatic heterocycles. The summed E-state index contributed by atoms with van der Waals surface area (Å²) in [6, 6.07) is 4.97. The molecular weight excluding hydrogens is 297 g/mol. The molecule has 4 aliphatic rings. The van der Waals surface area contributed by atoms with Gasteiger partial charge in [-0.05, 0) is 37.3 Å². The minimum atomic E-state index is -0.262. The lowest BCUT2D eigenvalue weighted by atomic mass is 9.73. The number of halogens is 1. The van der Waals surface area contributed by atoms with Gasteiger partial charge in [0.05, 0.1) is 6.61 Å². The largest absolute Gasteiger partial charge is 0.365 e. The molecule has 1 atom stereocenters. The average Bonchev–Trinajstić information content (AvgIpc) is 3.20. The van der Waals surface area contributed by atoms with Crippen LogP contribution >= 0.6 is 0 Å². The average molecular weight is 315 g/mol. The first-order valence-corrected chi connectivity index (χ1v) is 8.10. The van der Waals surface area contributed by atoms with Crippen molar-refractivity contribution in [1.82, 2.24) is 15.0 Å². The predicted octanol–water partition coefficient (Wildman–Crippen LogP) is 2.72. The zero-order valence-corrected chi connectivity index (χ0v) is 13.0. The zero-order valence-electron chi connectivity index (χ0n) is 13.0. The van der Waals surface area contributed by atoms with Crippen LogP contribution in [-0.4, -0.2) is 40.3 Å². The number of morpholine rings is 1. The topological polar surface area (TPSA) is 51.4 Å². The summed E-state index contributed by atoms with van der Waals surface area (Å²) in [5.41, 5.74) is 1.51. The van der Waals surface area contributed by atoms with E-state index in [0.29, 0.717) is 22.8 Å². The molecule has 1 aliphatic carbocycles. The Labute approximate surface area is 133 Å². The van der Waals surface area contributed by atoms with Gasteiger partial charge in [-0.3, -0.25) is 4.90 Å². The third-order valence-electron chi connectivity index (χ3n) is 5.57. The molecule has 4 fully saturated rings. The zero-order chi connectivity index (χ0) is 15.6. The second kappa shape index (κ2) is 4.61. The molecule has 1 aromatic carbocycles. The van der Waals surface area contributed by atoms with Gasteiger partial charge in [-0.2, -0.15) is 4.98 Å². The normalized spacial score (nSPS) is 32.6. The van der Waals surface area contributed by atoms with E-state index in [1.54, 1.807) is 19.1 Å². The molecule has 4 heterocycles. The van der Waals surface area contributed by atoms with E-state index in [1.807, 2.05) is 0 Å². The molecule has 1 saturated carbocycles. The summed E-state index contributed by atoms with van der Waals surface area (Å²) in [4.78, 5) is 6.94. The Bertz CT molecular complexity index is 769. The van der Waals surface area contributed by atoms with Crippen molar-refractivity contribution < 1.29 is 13.7 Å². The van der Waals surface area contributed by atoms with E-state index in [2.05, 4.69) is 15.0 Å². The quantitative estimate of drug-likeness (QED) is 0.853. The molecule has 120 valence electrons. The van der Waals surface area contributed by atoms with Crippen molar-refractivity contribution >= 4 is 0 Å². The summed E-state index contributed by atoms with van der Waals surface area (Å²) in [5, 5.41) is 3.99. The van der Waals surface area contributed by atoms with E-state index in [-0.39, 0.29) is 17.5 Å². The van der Waals surface area contributed by atoms with Crippen molar-refractivity contribution in [2.24, 2.45) is 5.92 Å². The van der Waals surface area contributed by atoms with Gasteiger partial charge < -0.3 is 9.26 Å². The van der Waals surface area contributed by atoms with Crippen molar-refractivity contribution in [1.29, 1.82) is 0 Å². The molecule has 6 rings (SSSR count). The number of hydrogen-bond acceptors (Lipinski definition) is 5. The van der Waals surface area contributed by atoms with Crippen LogP contribution in [0.25, 0.3) is 11.4 Å². The molecule has 5 nitrogen and oxygen atoms in total. The summed E-state index contributed by atoms with van der Waals surface area (Å²) in [5.74, 6) is 1.47. The van der Waals surface area contributed by atoms with Gasteiger partial charge in [0.1, 0.15) is 11.9 Å². The van der Waals surface area contributed by atoms with Crippen LogP contribution in [-0.2, 0) is 4.74 Å². The Morgan fingerprint density at radius 1 is 1.30 bits per heavy atom. The van der Waals surface area contributed by atoms with E-state index < -0.39 is 0 Å². The van der Waals surface area contributed by atoms with Crippen LogP contribution in [0, 0.1) is 18.7 Å². The van der Waals surface area contributed by atoms with E-state index in [4.69, 9.17) is 9.26 Å². The Morgan fingerprint density at radius 3 is 3.00 bits per heavy atom. The molecule has 0 N–H and O–H groups in total. The second-order valence-corrected chi connectivity index (χ2v) is 7.12. The van der Waals surface area contributed by atoms with Gasteiger partial charge >= 0.3 is 0 Å². The number of benzene rings is 1. The number of rotatable bonds is 2. The summed E-state index contributed by atoms with van der Waals surface area (Å²) >= 11 is 0. The maximum Gasteiger partial charge on any atom is 0.257 e. The van der Waals surface area contributed by atoms with Gasteiger partial charge in [-0.1, -0.05) is 17.3 Å². The molecule has 0 amide bonds. The van der Waals surface area contributed by atoms with Crippen molar-refractivity contribution in [3.8, 4) is 11.4 Å². The highest BCUT2D eigenvalue weighted by atomic mass is 19.1. The van der Waals surface area contributed by atoms with Crippen LogP contribution in [0.2, 0.25) is 0 Å². The van der Waals surface area contributed by atoms with Crippen LogP contribution in [0.4, 0.5) is 4.39 Å². The summed E-state index contributed by atoms with van der Waals surface area (Å²) in [6.07, 6.45) is 2.34. The van der Waals surface area contributed by atoms with Gasteiger partial charge in [0, 0.05) is 24.2 Å². The third kappa shape index (κ3) is 1.98. The Hall–Kier alpha value is -1.79. The van der Waals surface area contributed by atoms with Crippen molar-refractivity contribution in [2.75, 3.05) is 19.7 Å². The fourth-order valence-electron chi connectivity index (χ4n) is 4.26. The van der Waals surface area contributed by atoms with Gasteiger partial charge in [-0.15, -0.1) is 0 Å². The molecule has 2 bridgehead atoms. The molecule has 1 unspecified atom stereocenters. The maximum absolute atomic E-state index is 13.7. The third-order valence-corrected chi connectivity index (χ3v) is 5.57. The van der Waals surface area contributed by atoms with E-state index >= 15 is 0 Å². The Balaban J connectivity index is 1.38. The van der Waals surface area contributed by atoms with Gasteiger partial charge in [0.25, 0.3) is 5.89 Å². The first-order valence-electron chi connectivity index (χ1n) is 8.10. The highest BCUT2D eigenvalue weighted by molar-refractivity contribution is 5.55. The number of aryl methyl sites for hydroxylation is 1. The minimum absolute atomic E-state index is 0.184. The van der Waals surface area contributed by atoms with Crippen LogP contribution in [0.15, 0.2) is 22.7 Å². The van der Waals surface area contributed by atoms with Crippen LogP contribution in [0.5, 0.6) is 0 Å². The highest BCUT2D eigenvalue weighted by Gasteiger charge is 2.58. The molecule has 1 aromatic heterocycles. The number of ether oxygens (including phenoxy) is 1. The first-order chi connectivity index (χ1) is 11.1. The number of nitrogens with zero attached hydrogens (tertiary/aromatic N) is 3. The minimum Gasteiger partial charge on any atom is -0.365 e. The molecule has 23 heavy (non-hydrogen) atoms.